The molecule has 5 nitrogen and oxygen atoms in total. The maximum Gasteiger partial charge on any atom is 0.315 e. The van der Waals surface area contributed by atoms with Crippen molar-refractivity contribution in [3.8, 4) is 5.75 Å². The first kappa shape index (κ1) is 17.4. The average molecular weight is 319 g/mol. The molecular formula is C18H29N3O2. The van der Waals surface area contributed by atoms with Crippen molar-refractivity contribution in [2.75, 3.05) is 31.6 Å². The van der Waals surface area contributed by atoms with Gasteiger partial charge in [0.2, 0.25) is 0 Å². The largest absolute Gasteiger partial charge is 0.495 e. The third-order valence-electron chi connectivity index (χ3n) is 4.62. The van der Waals surface area contributed by atoms with Gasteiger partial charge < -0.3 is 20.3 Å². The predicted molar refractivity (Wildman–Crippen MR) is 94.1 cm³/mol. The first-order valence-electron chi connectivity index (χ1n) is 8.43. The fourth-order valence-corrected chi connectivity index (χ4v) is 2.77. The van der Waals surface area contributed by atoms with Gasteiger partial charge in [-0.15, -0.1) is 0 Å². The molecule has 1 saturated heterocycles. The van der Waals surface area contributed by atoms with E-state index in [0.29, 0.717) is 18.4 Å². The summed E-state index contributed by atoms with van der Waals surface area (Å²) in [5.41, 5.74) is 1.13. The van der Waals surface area contributed by atoms with Crippen molar-refractivity contribution in [3.63, 3.8) is 0 Å². The quantitative estimate of drug-likeness (QED) is 0.848. The molecule has 2 amide bonds. The van der Waals surface area contributed by atoms with Gasteiger partial charge in [-0.1, -0.05) is 26.0 Å². The molecule has 0 saturated carbocycles. The molecule has 128 valence electrons. The van der Waals surface area contributed by atoms with Crippen LogP contribution in [0.5, 0.6) is 5.75 Å². The third-order valence-corrected chi connectivity index (χ3v) is 4.62. The van der Waals surface area contributed by atoms with Crippen molar-refractivity contribution in [3.05, 3.63) is 24.3 Å². The maximum atomic E-state index is 11.9. The summed E-state index contributed by atoms with van der Waals surface area (Å²) in [6.07, 6.45) is 1.08. The van der Waals surface area contributed by atoms with Gasteiger partial charge in [0.15, 0.2) is 0 Å². The Balaban J connectivity index is 1.81. The number of methoxy groups -OCH3 is 1. The molecule has 1 aliphatic rings. The third kappa shape index (κ3) is 4.78. The molecule has 0 aliphatic carbocycles. The minimum Gasteiger partial charge on any atom is -0.495 e. The van der Waals surface area contributed by atoms with Crippen LogP contribution in [-0.2, 0) is 0 Å². The molecule has 2 atom stereocenters. The Labute approximate surface area is 139 Å². The topological polar surface area (TPSA) is 53.6 Å². The van der Waals surface area contributed by atoms with Crippen LogP contribution in [0.2, 0.25) is 0 Å². The second-order valence-electron chi connectivity index (χ2n) is 6.66. The number of urea groups is 1. The van der Waals surface area contributed by atoms with Gasteiger partial charge in [-0.25, -0.2) is 4.79 Å². The molecule has 0 spiro atoms. The first-order valence-corrected chi connectivity index (χ1v) is 8.43. The minimum absolute atomic E-state index is 0.0676. The van der Waals surface area contributed by atoms with Gasteiger partial charge in [0.05, 0.1) is 12.8 Å². The van der Waals surface area contributed by atoms with Crippen LogP contribution >= 0.6 is 0 Å². The van der Waals surface area contributed by atoms with E-state index in [0.717, 1.165) is 30.9 Å². The van der Waals surface area contributed by atoms with Crippen molar-refractivity contribution < 1.29 is 9.53 Å². The lowest BCUT2D eigenvalue weighted by atomic mass is 10.1. The summed E-state index contributed by atoms with van der Waals surface area (Å²) in [7, 11) is 1.70. The summed E-state index contributed by atoms with van der Waals surface area (Å²) in [6.45, 7) is 8.89. The van der Waals surface area contributed by atoms with Crippen molar-refractivity contribution in [2.24, 2.45) is 11.8 Å². The number of para-hydroxylation sites is 2. The van der Waals surface area contributed by atoms with E-state index >= 15 is 0 Å². The summed E-state index contributed by atoms with van der Waals surface area (Å²) in [4.78, 5) is 14.2. The fourth-order valence-electron chi connectivity index (χ4n) is 2.77. The van der Waals surface area contributed by atoms with E-state index in [1.807, 2.05) is 25.1 Å². The van der Waals surface area contributed by atoms with E-state index in [1.54, 1.807) is 7.11 Å². The fraction of sp³-hybridized carbons (Fsp3) is 0.611. The normalized spacial score (nSPS) is 18.8. The summed E-state index contributed by atoms with van der Waals surface area (Å²) >= 11 is 0. The number of amides is 2. The lowest BCUT2D eigenvalue weighted by molar-refractivity contribution is 0.233. The zero-order chi connectivity index (χ0) is 16.8. The summed E-state index contributed by atoms with van der Waals surface area (Å²) in [5, 5.41) is 5.98. The molecule has 0 aromatic heterocycles. The van der Waals surface area contributed by atoms with Crippen molar-refractivity contribution in [1.82, 2.24) is 10.6 Å². The molecule has 1 aromatic rings. The van der Waals surface area contributed by atoms with Gasteiger partial charge >= 0.3 is 6.03 Å². The van der Waals surface area contributed by atoms with E-state index < -0.39 is 0 Å². The van der Waals surface area contributed by atoms with Crippen LogP contribution in [0.1, 0.15) is 27.2 Å². The second-order valence-corrected chi connectivity index (χ2v) is 6.66. The molecule has 1 aliphatic heterocycles. The van der Waals surface area contributed by atoms with Gasteiger partial charge in [-0.3, -0.25) is 0 Å². The molecule has 23 heavy (non-hydrogen) atoms. The standard InChI is InChI=1S/C18H29N3O2/c1-13(2)14(3)20-18(22)19-11-15-9-10-21(12-15)16-7-5-6-8-17(16)23-4/h5-8,13-15H,9-12H2,1-4H3,(H2,19,20,22)/t14-,15-/m0/s1. The zero-order valence-corrected chi connectivity index (χ0v) is 14.6. The van der Waals surface area contributed by atoms with Crippen molar-refractivity contribution in [1.29, 1.82) is 0 Å². The van der Waals surface area contributed by atoms with Gasteiger partial charge in [0, 0.05) is 25.7 Å². The van der Waals surface area contributed by atoms with Crippen LogP contribution in [0.25, 0.3) is 0 Å². The van der Waals surface area contributed by atoms with E-state index in [2.05, 4.69) is 35.4 Å². The molecule has 1 aromatic carbocycles. The van der Waals surface area contributed by atoms with Gasteiger partial charge in [-0.2, -0.15) is 0 Å². The Morgan fingerprint density at radius 2 is 2.09 bits per heavy atom. The maximum absolute atomic E-state index is 11.9. The number of rotatable bonds is 6. The van der Waals surface area contributed by atoms with Gasteiger partial charge in [-0.05, 0) is 37.3 Å². The van der Waals surface area contributed by atoms with Crippen LogP contribution in [0.3, 0.4) is 0 Å². The number of nitrogens with zero attached hydrogens (tertiary/aromatic N) is 1. The molecule has 0 bridgehead atoms. The van der Waals surface area contributed by atoms with Crippen LogP contribution in [0.4, 0.5) is 10.5 Å². The summed E-state index contributed by atoms with van der Waals surface area (Å²) < 4.78 is 5.44. The molecule has 5 heteroatoms. The van der Waals surface area contributed by atoms with Crippen LogP contribution in [-0.4, -0.2) is 38.8 Å². The Hall–Kier alpha value is -1.91. The highest BCUT2D eigenvalue weighted by molar-refractivity contribution is 5.74. The Morgan fingerprint density at radius 3 is 2.78 bits per heavy atom. The predicted octanol–water partition coefficient (Wildman–Crippen LogP) is 2.87. The number of benzene rings is 1. The second kappa shape index (κ2) is 8.09. The lowest BCUT2D eigenvalue weighted by Crippen LogP contribution is -2.44. The molecule has 0 unspecified atom stereocenters. The van der Waals surface area contributed by atoms with Gasteiger partial charge in [0.1, 0.15) is 5.75 Å². The van der Waals surface area contributed by atoms with Gasteiger partial charge in [0.25, 0.3) is 0 Å². The minimum atomic E-state index is -0.0676. The first-order chi connectivity index (χ1) is 11.0. The molecule has 2 rings (SSSR count). The smallest absolute Gasteiger partial charge is 0.315 e. The highest BCUT2D eigenvalue weighted by atomic mass is 16.5. The number of carbonyl (C=O) groups excluding carboxylic acids is 1. The Morgan fingerprint density at radius 1 is 1.35 bits per heavy atom. The lowest BCUT2D eigenvalue weighted by Gasteiger charge is -2.22. The molecule has 0 radical (unpaired) electrons. The summed E-state index contributed by atoms with van der Waals surface area (Å²) in [6, 6.07) is 8.21. The molecule has 2 N–H and O–H groups in total. The zero-order valence-electron chi connectivity index (χ0n) is 14.6. The van der Waals surface area contributed by atoms with E-state index in [4.69, 9.17) is 4.74 Å². The monoisotopic (exact) mass is 319 g/mol. The van der Waals surface area contributed by atoms with Crippen LogP contribution in [0, 0.1) is 11.8 Å². The Kier molecular flexibility index (Phi) is 6.13. The van der Waals surface area contributed by atoms with E-state index in [9.17, 15) is 4.79 Å². The van der Waals surface area contributed by atoms with E-state index in [-0.39, 0.29) is 12.1 Å². The highest BCUT2D eigenvalue weighted by Crippen LogP contribution is 2.31. The number of nitrogens with one attached hydrogen (secondary N) is 2. The van der Waals surface area contributed by atoms with Crippen molar-refractivity contribution >= 4 is 11.7 Å². The number of hydrogen-bond acceptors (Lipinski definition) is 3. The van der Waals surface area contributed by atoms with Crippen LogP contribution < -0.4 is 20.3 Å². The average Bonchev–Trinajstić information content (AvgIpc) is 3.01. The molecule has 1 fully saturated rings. The number of ether oxygens (including phenoxy) is 1. The molecular weight excluding hydrogens is 290 g/mol. The highest BCUT2D eigenvalue weighted by Gasteiger charge is 2.25. The Bertz CT molecular complexity index is 519. The van der Waals surface area contributed by atoms with Crippen molar-refractivity contribution in [2.45, 2.75) is 33.2 Å². The van der Waals surface area contributed by atoms with E-state index in [1.165, 1.54) is 0 Å². The number of anilines is 1. The summed E-state index contributed by atoms with van der Waals surface area (Å²) in [5.74, 6) is 1.82. The van der Waals surface area contributed by atoms with Crippen LogP contribution in [0.15, 0.2) is 24.3 Å². The number of carbonyl (C=O) groups is 1. The number of hydrogen-bond donors (Lipinski definition) is 2. The SMILES string of the molecule is COc1ccccc1N1CC[C@@H](CNC(=O)N[C@@H](C)C(C)C)C1. The molecule has 1 heterocycles.